The topological polar surface area (TPSA) is 92.9 Å². The smallest absolute Gasteiger partial charge is 0.332 e. The van der Waals surface area contributed by atoms with Gasteiger partial charge in [0.05, 0.1) is 13.2 Å². The molecule has 1 fully saturated rings. The van der Waals surface area contributed by atoms with Gasteiger partial charge in [0.1, 0.15) is 41.5 Å². The molecule has 0 aliphatic heterocycles. The van der Waals surface area contributed by atoms with E-state index in [2.05, 4.69) is 9.97 Å². The van der Waals surface area contributed by atoms with Crippen LogP contribution in [0, 0.1) is 0 Å². The number of carbonyl (C=O) groups is 1. The summed E-state index contributed by atoms with van der Waals surface area (Å²) in [4.78, 5) is 21.1. The predicted molar refractivity (Wildman–Crippen MR) is 148 cm³/mol. The fourth-order valence-electron chi connectivity index (χ4n) is 4.73. The minimum atomic E-state index is -0.495. The number of aromatic nitrogens is 2. The Bertz CT molecular complexity index is 1410. The molecule has 1 aliphatic carbocycles. The van der Waals surface area contributed by atoms with E-state index in [9.17, 15) is 4.79 Å². The molecule has 1 aliphatic rings. The van der Waals surface area contributed by atoms with Crippen LogP contribution >= 0.6 is 0 Å². The third-order valence-corrected chi connectivity index (χ3v) is 7.16. The van der Waals surface area contributed by atoms with Gasteiger partial charge in [-0.15, -0.1) is 0 Å². The number of hydrogen-bond acceptors (Lipinski definition) is 8. The Labute approximate surface area is 228 Å². The van der Waals surface area contributed by atoms with Gasteiger partial charge in [0, 0.05) is 17.5 Å². The highest BCUT2D eigenvalue weighted by Crippen LogP contribution is 2.44. The maximum absolute atomic E-state index is 12.2. The fourth-order valence-corrected chi connectivity index (χ4v) is 4.73. The van der Waals surface area contributed by atoms with E-state index in [-0.39, 0.29) is 24.8 Å². The van der Waals surface area contributed by atoms with Crippen LogP contribution in [0.5, 0.6) is 11.6 Å². The lowest BCUT2D eigenvalue weighted by atomic mass is 9.99. The number of furan rings is 1. The molecule has 0 radical (unpaired) electrons. The van der Waals surface area contributed by atoms with Crippen molar-refractivity contribution in [1.29, 1.82) is 0 Å². The van der Waals surface area contributed by atoms with Crippen molar-refractivity contribution in [2.75, 3.05) is 13.7 Å². The zero-order chi connectivity index (χ0) is 27.4. The first-order valence-corrected chi connectivity index (χ1v) is 13.3. The SMILES string of the molecule is CCC(C)(C)OC(=O)CO[C@@H]1CC[C@@H](Oc2ncnc3oc(-c4ccccc4)c(-c4ccc(OC)cc4)c23)C1. The minimum Gasteiger partial charge on any atom is -0.497 e. The number of rotatable bonds is 10. The molecule has 0 saturated heterocycles. The van der Waals surface area contributed by atoms with E-state index in [1.54, 1.807) is 7.11 Å². The minimum absolute atomic E-state index is 0.0671. The fraction of sp³-hybridized carbons (Fsp3) is 0.387. The first kappa shape index (κ1) is 26.7. The summed E-state index contributed by atoms with van der Waals surface area (Å²) in [5.74, 6) is 1.58. The normalized spacial score (nSPS) is 17.3. The highest BCUT2D eigenvalue weighted by atomic mass is 16.6. The van der Waals surface area contributed by atoms with E-state index < -0.39 is 5.60 Å². The van der Waals surface area contributed by atoms with Crippen LogP contribution in [0.15, 0.2) is 65.3 Å². The number of benzene rings is 2. The summed E-state index contributed by atoms with van der Waals surface area (Å²) >= 11 is 0. The summed E-state index contributed by atoms with van der Waals surface area (Å²) in [7, 11) is 1.64. The maximum Gasteiger partial charge on any atom is 0.332 e. The molecule has 204 valence electrons. The van der Waals surface area contributed by atoms with Gasteiger partial charge in [0.15, 0.2) is 0 Å². The Balaban J connectivity index is 1.39. The zero-order valence-electron chi connectivity index (χ0n) is 22.8. The average molecular weight is 531 g/mol. The molecule has 0 amide bonds. The van der Waals surface area contributed by atoms with E-state index >= 15 is 0 Å². The molecule has 2 atom stereocenters. The maximum atomic E-state index is 12.2. The molecule has 5 rings (SSSR count). The molecule has 0 bridgehead atoms. The van der Waals surface area contributed by atoms with Gasteiger partial charge in [-0.1, -0.05) is 49.4 Å². The summed E-state index contributed by atoms with van der Waals surface area (Å²) in [6.07, 6.45) is 4.22. The van der Waals surface area contributed by atoms with Crippen LogP contribution < -0.4 is 9.47 Å². The molecule has 2 heterocycles. The van der Waals surface area contributed by atoms with Crippen molar-refractivity contribution in [3.8, 4) is 34.1 Å². The van der Waals surface area contributed by atoms with Crippen LogP contribution in [0.4, 0.5) is 0 Å². The lowest BCUT2D eigenvalue weighted by Crippen LogP contribution is -2.30. The van der Waals surface area contributed by atoms with Crippen molar-refractivity contribution in [1.82, 2.24) is 9.97 Å². The van der Waals surface area contributed by atoms with Crippen LogP contribution in [-0.2, 0) is 14.3 Å². The monoisotopic (exact) mass is 530 g/mol. The third-order valence-electron chi connectivity index (χ3n) is 7.16. The van der Waals surface area contributed by atoms with Gasteiger partial charge in [-0.3, -0.25) is 0 Å². The molecular weight excluding hydrogens is 496 g/mol. The Morgan fingerprint density at radius 1 is 1.00 bits per heavy atom. The second-order valence-electron chi connectivity index (χ2n) is 10.3. The Morgan fingerprint density at radius 2 is 1.74 bits per heavy atom. The van der Waals surface area contributed by atoms with Crippen molar-refractivity contribution < 1.29 is 28.2 Å². The predicted octanol–water partition coefficient (Wildman–Crippen LogP) is 6.61. The molecule has 0 unspecified atom stereocenters. The van der Waals surface area contributed by atoms with E-state index in [1.165, 1.54) is 6.33 Å². The summed E-state index contributed by atoms with van der Waals surface area (Å²) < 4.78 is 29.5. The van der Waals surface area contributed by atoms with Crippen LogP contribution in [0.3, 0.4) is 0 Å². The Kier molecular flexibility index (Phi) is 7.84. The summed E-state index contributed by atoms with van der Waals surface area (Å²) in [5.41, 5.74) is 2.69. The second kappa shape index (κ2) is 11.5. The summed E-state index contributed by atoms with van der Waals surface area (Å²) in [6.45, 7) is 5.71. The number of hydrogen-bond donors (Lipinski definition) is 0. The standard InChI is InChI=1S/C31H34N2O6/c1-5-31(2,3)39-25(34)18-36-23-15-16-24(17-23)37-29-27-26(20-11-13-22(35-4)14-12-20)28(21-9-7-6-8-10-21)38-30(27)33-19-32-29/h6-14,19,23-24H,5,15-18H2,1-4H3/t23-,24-/m1/s1. The summed E-state index contributed by atoms with van der Waals surface area (Å²) in [5, 5.41) is 0.719. The molecule has 39 heavy (non-hydrogen) atoms. The van der Waals surface area contributed by atoms with Gasteiger partial charge in [0.25, 0.3) is 0 Å². The van der Waals surface area contributed by atoms with Crippen LogP contribution in [-0.4, -0.2) is 47.5 Å². The van der Waals surface area contributed by atoms with Crippen LogP contribution in [0.1, 0.15) is 46.5 Å². The number of esters is 1. The first-order valence-electron chi connectivity index (χ1n) is 13.3. The molecule has 1 saturated carbocycles. The van der Waals surface area contributed by atoms with Crippen molar-refractivity contribution in [2.24, 2.45) is 0 Å². The quantitative estimate of drug-likeness (QED) is 0.211. The number of fused-ring (bicyclic) bond motifs is 1. The molecule has 2 aromatic heterocycles. The highest BCUT2D eigenvalue weighted by Gasteiger charge is 2.31. The third kappa shape index (κ3) is 6.06. The average Bonchev–Trinajstić information content (AvgIpc) is 3.57. The van der Waals surface area contributed by atoms with E-state index in [0.29, 0.717) is 23.8 Å². The van der Waals surface area contributed by atoms with Crippen molar-refractivity contribution >= 4 is 17.1 Å². The first-order chi connectivity index (χ1) is 18.9. The van der Waals surface area contributed by atoms with Gasteiger partial charge < -0.3 is 23.4 Å². The van der Waals surface area contributed by atoms with Crippen molar-refractivity contribution in [2.45, 2.75) is 64.3 Å². The van der Waals surface area contributed by atoms with Gasteiger partial charge >= 0.3 is 5.97 Å². The number of carbonyl (C=O) groups excluding carboxylic acids is 1. The lowest BCUT2D eigenvalue weighted by Gasteiger charge is -2.23. The second-order valence-corrected chi connectivity index (χ2v) is 10.3. The number of ether oxygens (including phenoxy) is 4. The molecule has 4 aromatic rings. The van der Waals surface area contributed by atoms with Gasteiger partial charge in [-0.2, -0.15) is 0 Å². The zero-order valence-corrected chi connectivity index (χ0v) is 22.8. The van der Waals surface area contributed by atoms with E-state index in [0.717, 1.165) is 47.1 Å². The highest BCUT2D eigenvalue weighted by molar-refractivity contribution is 6.03. The molecule has 8 nitrogen and oxygen atoms in total. The Hall–Kier alpha value is -3.91. The van der Waals surface area contributed by atoms with Crippen molar-refractivity contribution in [3.05, 3.63) is 60.9 Å². The van der Waals surface area contributed by atoms with E-state index in [4.69, 9.17) is 23.4 Å². The molecule has 0 N–H and O–H groups in total. The van der Waals surface area contributed by atoms with Gasteiger partial charge in [0.2, 0.25) is 11.6 Å². The van der Waals surface area contributed by atoms with Gasteiger partial charge in [-0.05, 0) is 50.8 Å². The number of methoxy groups -OCH3 is 1. The summed E-state index contributed by atoms with van der Waals surface area (Å²) in [6, 6.07) is 17.7. The largest absolute Gasteiger partial charge is 0.497 e. The molecular formula is C31H34N2O6. The van der Waals surface area contributed by atoms with Crippen LogP contribution in [0.2, 0.25) is 0 Å². The molecule has 8 heteroatoms. The Morgan fingerprint density at radius 3 is 2.46 bits per heavy atom. The van der Waals surface area contributed by atoms with Gasteiger partial charge in [-0.25, -0.2) is 14.8 Å². The van der Waals surface area contributed by atoms with E-state index in [1.807, 2.05) is 75.4 Å². The van der Waals surface area contributed by atoms with Crippen molar-refractivity contribution in [3.63, 3.8) is 0 Å². The molecule has 0 spiro atoms. The van der Waals surface area contributed by atoms with Crippen LogP contribution in [0.25, 0.3) is 33.6 Å². The lowest BCUT2D eigenvalue weighted by molar-refractivity contribution is -0.164. The number of nitrogens with zero attached hydrogens (tertiary/aromatic N) is 2. The molecule has 2 aromatic carbocycles.